The number of ether oxygens (including phenoxy) is 1. The molecule has 180 valence electrons. The predicted molar refractivity (Wildman–Crippen MR) is 142 cm³/mol. The number of aryl methyl sites for hydroxylation is 1. The molecule has 0 bridgehead atoms. The molecule has 0 spiro atoms. The summed E-state index contributed by atoms with van der Waals surface area (Å²) in [6.45, 7) is 4.83. The molecule has 2 aromatic heterocycles. The molecule has 3 heterocycles. The highest BCUT2D eigenvalue weighted by Crippen LogP contribution is 2.27. The van der Waals surface area contributed by atoms with Crippen LogP contribution < -0.4 is 10.3 Å². The van der Waals surface area contributed by atoms with Crippen molar-refractivity contribution in [2.24, 2.45) is 0 Å². The third-order valence-corrected chi connectivity index (χ3v) is 6.86. The highest BCUT2D eigenvalue weighted by molar-refractivity contribution is 5.84. The van der Waals surface area contributed by atoms with Crippen LogP contribution in [0.5, 0.6) is 5.75 Å². The van der Waals surface area contributed by atoms with Crippen molar-refractivity contribution < 1.29 is 4.74 Å². The average molecular weight is 477 g/mol. The monoisotopic (exact) mass is 476 g/mol. The molecule has 0 radical (unpaired) electrons. The van der Waals surface area contributed by atoms with Gasteiger partial charge in [-0.15, -0.1) is 0 Å². The number of aromatic amines is 2. The predicted octanol–water partition coefficient (Wildman–Crippen LogP) is 5.36. The van der Waals surface area contributed by atoms with Crippen LogP contribution in [0, 0.1) is 6.92 Å². The van der Waals surface area contributed by atoms with Crippen molar-refractivity contribution in [3.63, 3.8) is 0 Å². The Bertz CT molecular complexity index is 1570. The molecule has 0 unspecified atom stereocenters. The number of hydrogen-bond acceptors (Lipinski definition) is 4. The molecule has 0 amide bonds. The first-order valence-electron chi connectivity index (χ1n) is 12.3. The maximum atomic E-state index is 12.8. The summed E-state index contributed by atoms with van der Waals surface area (Å²) in [6, 6.07) is 24.5. The lowest BCUT2D eigenvalue weighted by Gasteiger charge is -2.27. The molecule has 0 saturated carbocycles. The van der Waals surface area contributed by atoms with Crippen molar-refractivity contribution in [3.8, 4) is 17.1 Å². The summed E-state index contributed by atoms with van der Waals surface area (Å²) in [5.74, 6) is 1.49. The van der Waals surface area contributed by atoms with Gasteiger partial charge in [-0.2, -0.15) is 0 Å². The van der Waals surface area contributed by atoms with Crippen LogP contribution in [0.3, 0.4) is 0 Å². The van der Waals surface area contributed by atoms with Crippen molar-refractivity contribution in [1.82, 2.24) is 19.9 Å². The number of aromatic nitrogens is 3. The summed E-state index contributed by atoms with van der Waals surface area (Å²) in [4.78, 5) is 26.4. The number of nitrogens with zero attached hydrogens (tertiary/aromatic N) is 2. The zero-order valence-electron chi connectivity index (χ0n) is 20.3. The quantitative estimate of drug-likeness (QED) is 0.346. The van der Waals surface area contributed by atoms with Gasteiger partial charge in [-0.3, -0.25) is 9.69 Å². The minimum absolute atomic E-state index is 0.0254. The highest BCUT2D eigenvalue weighted by Gasteiger charge is 2.22. The highest BCUT2D eigenvalue weighted by atomic mass is 16.5. The van der Waals surface area contributed by atoms with Crippen molar-refractivity contribution in [3.05, 3.63) is 117 Å². The number of benzene rings is 3. The van der Waals surface area contributed by atoms with Gasteiger partial charge in [0.1, 0.15) is 18.2 Å². The molecule has 6 heteroatoms. The lowest BCUT2D eigenvalue weighted by Crippen LogP contribution is -2.35. The Kier molecular flexibility index (Phi) is 5.87. The van der Waals surface area contributed by atoms with E-state index in [1.807, 2.05) is 55.5 Å². The van der Waals surface area contributed by atoms with Crippen molar-refractivity contribution in [2.45, 2.75) is 33.0 Å². The molecule has 2 N–H and O–H groups in total. The van der Waals surface area contributed by atoms with Crippen molar-refractivity contribution >= 4 is 10.9 Å². The van der Waals surface area contributed by atoms with Gasteiger partial charge in [-0.25, -0.2) is 4.98 Å². The van der Waals surface area contributed by atoms with Crippen LogP contribution in [0.15, 0.2) is 83.8 Å². The summed E-state index contributed by atoms with van der Waals surface area (Å²) >= 11 is 0. The van der Waals surface area contributed by atoms with E-state index in [0.717, 1.165) is 52.1 Å². The Morgan fingerprint density at radius 1 is 1.03 bits per heavy atom. The molecular weight excluding hydrogens is 448 g/mol. The maximum Gasteiger partial charge on any atom is 0.254 e. The summed E-state index contributed by atoms with van der Waals surface area (Å²) < 4.78 is 6.06. The number of nitrogens with one attached hydrogen (secondary N) is 2. The standard InChI is InChI=1S/C30H28N4O2/c1-20-7-9-22(10-8-20)29-32-28-18-34(14-13-25(28)30(35)33-29)17-23-16-31-27-12-11-24(15-26(23)27)36-19-21-5-3-2-4-6-21/h2-12,15-16,31H,13-14,17-19H2,1H3,(H,32,33,35). The fourth-order valence-electron chi connectivity index (χ4n) is 4.84. The van der Waals surface area contributed by atoms with E-state index in [1.165, 1.54) is 11.1 Å². The molecular formula is C30H28N4O2. The Morgan fingerprint density at radius 2 is 1.86 bits per heavy atom. The molecule has 6 nitrogen and oxygen atoms in total. The first-order chi connectivity index (χ1) is 17.6. The summed E-state index contributed by atoms with van der Waals surface area (Å²) in [5.41, 5.74) is 7.20. The fraction of sp³-hybridized carbons (Fsp3) is 0.200. The lowest BCUT2D eigenvalue weighted by atomic mass is 10.0. The van der Waals surface area contributed by atoms with E-state index in [1.54, 1.807) is 0 Å². The minimum Gasteiger partial charge on any atom is -0.489 e. The van der Waals surface area contributed by atoms with Gasteiger partial charge in [0.05, 0.1) is 5.69 Å². The topological polar surface area (TPSA) is 74.0 Å². The van der Waals surface area contributed by atoms with Crippen molar-refractivity contribution in [1.29, 1.82) is 0 Å². The molecule has 0 fully saturated rings. The van der Waals surface area contributed by atoms with Gasteiger partial charge in [0.25, 0.3) is 5.56 Å². The second-order valence-electron chi connectivity index (χ2n) is 9.46. The van der Waals surface area contributed by atoms with Gasteiger partial charge in [-0.05, 0) is 42.7 Å². The third kappa shape index (κ3) is 4.55. The fourth-order valence-corrected chi connectivity index (χ4v) is 4.84. The first-order valence-corrected chi connectivity index (χ1v) is 12.3. The molecule has 1 aliphatic heterocycles. The van der Waals surface area contributed by atoms with Gasteiger partial charge in [0.2, 0.25) is 0 Å². The smallest absolute Gasteiger partial charge is 0.254 e. The number of hydrogen-bond donors (Lipinski definition) is 2. The molecule has 0 saturated heterocycles. The van der Waals surface area contributed by atoms with E-state index in [4.69, 9.17) is 9.72 Å². The number of rotatable bonds is 6. The molecule has 0 atom stereocenters. The van der Waals surface area contributed by atoms with Gasteiger partial charge in [0, 0.05) is 47.9 Å². The Hall–Kier alpha value is -4.16. The SMILES string of the molecule is Cc1ccc(-c2nc3c(c(=O)[nH]2)CCN(Cc2c[nH]c4ccc(OCc5ccccc5)cc24)C3)cc1. The van der Waals surface area contributed by atoms with E-state index in [-0.39, 0.29) is 5.56 Å². The van der Waals surface area contributed by atoms with Crippen LogP contribution in [0.4, 0.5) is 0 Å². The Morgan fingerprint density at radius 3 is 2.69 bits per heavy atom. The largest absolute Gasteiger partial charge is 0.489 e. The van der Waals surface area contributed by atoms with Gasteiger partial charge < -0.3 is 14.7 Å². The third-order valence-electron chi connectivity index (χ3n) is 6.86. The van der Waals surface area contributed by atoms with E-state index >= 15 is 0 Å². The van der Waals surface area contributed by atoms with E-state index in [9.17, 15) is 4.79 Å². The Balaban J connectivity index is 1.21. The summed E-state index contributed by atoms with van der Waals surface area (Å²) in [6.07, 6.45) is 2.77. The van der Waals surface area contributed by atoms with Gasteiger partial charge >= 0.3 is 0 Å². The zero-order valence-corrected chi connectivity index (χ0v) is 20.3. The van der Waals surface area contributed by atoms with E-state index in [0.29, 0.717) is 25.4 Å². The molecule has 3 aromatic carbocycles. The van der Waals surface area contributed by atoms with E-state index in [2.05, 4.69) is 45.3 Å². The van der Waals surface area contributed by atoms with Crippen LogP contribution in [0.1, 0.15) is 27.9 Å². The second kappa shape index (κ2) is 9.47. The van der Waals surface area contributed by atoms with Crippen LogP contribution in [0.2, 0.25) is 0 Å². The van der Waals surface area contributed by atoms with Gasteiger partial charge in [0.15, 0.2) is 0 Å². The van der Waals surface area contributed by atoms with E-state index < -0.39 is 0 Å². The van der Waals surface area contributed by atoms with Crippen LogP contribution in [-0.2, 0) is 26.1 Å². The zero-order chi connectivity index (χ0) is 24.5. The molecule has 36 heavy (non-hydrogen) atoms. The first kappa shape index (κ1) is 22.3. The lowest BCUT2D eigenvalue weighted by molar-refractivity contribution is 0.241. The summed E-state index contributed by atoms with van der Waals surface area (Å²) in [5, 5.41) is 1.16. The Labute approximate surface area is 209 Å². The van der Waals surface area contributed by atoms with Gasteiger partial charge in [-0.1, -0.05) is 60.2 Å². The maximum absolute atomic E-state index is 12.8. The van der Waals surface area contributed by atoms with Crippen molar-refractivity contribution in [2.75, 3.05) is 6.54 Å². The second-order valence-corrected chi connectivity index (χ2v) is 9.46. The van der Waals surface area contributed by atoms with Crippen LogP contribution in [0.25, 0.3) is 22.3 Å². The number of fused-ring (bicyclic) bond motifs is 2. The van der Waals surface area contributed by atoms with Crippen LogP contribution >= 0.6 is 0 Å². The minimum atomic E-state index is -0.0254. The summed E-state index contributed by atoms with van der Waals surface area (Å²) in [7, 11) is 0. The molecule has 5 aromatic rings. The molecule has 0 aliphatic carbocycles. The molecule has 1 aliphatic rings. The average Bonchev–Trinajstić information content (AvgIpc) is 3.30. The number of H-pyrrole nitrogens is 2. The molecule has 6 rings (SSSR count). The van der Waals surface area contributed by atoms with Crippen LogP contribution in [-0.4, -0.2) is 26.4 Å². The normalized spacial score (nSPS) is 13.6.